The van der Waals surface area contributed by atoms with Crippen LogP contribution in [0.2, 0.25) is 0 Å². The van der Waals surface area contributed by atoms with E-state index < -0.39 is 0 Å². The normalized spacial score (nSPS) is 10.3. The summed E-state index contributed by atoms with van der Waals surface area (Å²) in [5.41, 5.74) is 2.62. The van der Waals surface area contributed by atoms with Crippen LogP contribution < -0.4 is 15.4 Å². The van der Waals surface area contributed by atoms with Crippen LogP contribution in [0.5, 0.6) is 5.75 Å². The molecule has 2 aromatic rings. The van der Waals surface area contributed by atoms with E-state index >= 15 is 0 Å². The number of hydrogen-bond donors (Lipinski definition) is 2. The van der Waals surface area contributed by atoms with Gasteiger partial charge in [0.2, 0.25) is 0 Å². The predicted molar refractivity (Wildman–Crippen MR) is 102 cm³/mol. The molecule has 1 amide bonds. The number of amides is 1. The van der Waals surface area contributed by atoms with Gasteiger partial charge in [0, 0.05) is 11.3 Å². The minimum atomic E-state index is -0.256. The van der Waals surface area contributed by atoms with E-state index in [1.165, 1.54) is 5.56 Å². The van der Waals surface area contributed by atoms with E-state index in [4.69, 9.17) is 17.0 Å². The van der Waals surface area contributed by atoms with Crippen molar-refractivity contribution in [1.29, 1.82) is 0 Å². The number of thiocarbonyl (C=S) groups is 1. The van der Waals surface area contributed by atoms with E-state index in [-0.39, 0.29) is 17.1 Å². The van der Waals surface area contributed by atoms with Gasteiger partial charge in [0.1, 0.15) is 5.75 Å². The molecule has 0 unspecified atom stereocenters. The molecule has 0 aliphatic rings. The number of benzene rings is 2. The maximum absolute atomic E-state index is 12.2. The van der Waals surface area contributed by atoms with Crippen molar-refractivity contribution in [2.45, 2.75) is 33.3 Å². The second-order valence-electron chi connectivity index (χ2n) is 5.65. The predicted octanol–water partition coefficient (Wildman–Crippen LogP) is 4.16. The third-order valence-electron chi connectivity index (χ3n) is 3.34. The zero-order chi connectivity index (χ0) is 17.5. The van der Waals surface area contributed by atoms with Crippen LogP contribution in [0, 0.1) is 0 Å². The molecule has 4 nitrogen and oxygen atoms in total. The molecule has 0 heterocycles. The summed E-state index contributed by atoms with van der Waals surface area (Å²) in [5.74, 6) is 0.479. The summed E-state index contributed by atoms with van der Waals surface area (Å²) in [6.07, 6.45) is 1.08. The van der Waals surface area contributed by atoms with Gasteiger partial charge in [-0.15, -0.1) is 0 Å². The maximum atomic E-state index is 12.2. The van der Waals surface area contributed by atoms with E-state index in [1.807, 2.05) is 38.1 Å². The van der Waals surface area contributed by atoms with Crippen LogP contribution in [0.25, 0.3) is 0 Å². The third kappa shape index (κ3) is 5.35. The molecule has 0 aliphatic heterocycles. The molecule has 0 saturated carbocycles. The van der Waals surface area contributed by atoms with E-state index in [9.17, 15) is 4.79 Å². The number of ether oxygens (including phenoxy) is 1. The molecule has 2 N–H and O–H groups in total. The Kier molecular flexibility index (Phi) is 6.32. The highest BCUT2D eigenvalue weighted by molar-refractivity contribution is 7.80. The van der Waals surface area contributed by atoms with Crippen LogP contribution in [0.1, 0.15) is 36.7 Å². The summed E-state index contributed by atoms with van der Waals surface area (Å²) in [6, 6.07) is 14.9. The molecule has 5 heteroatoms. The van der Waals surface area contributed by atoms with Gasteiger partial charge in [-0.05, 0) is 74.4 Å². The lowest BCUT2D eigenvalue weighted by Crippen LogP contribution is -2.34. The Morgan fingerprint density at radius 3 is 2.25 bits per heavy atom. The molecule has 0 saturated heterocycles. The first-order valence-corrected chi connectivity index (χ1v) is 8.36. The van der Waals surface area contributed by atoms with Gasteiger partial charge in [-0.1, -0.05) is 19.1 Å². The monoisotopic (exact) mass is 342 g/mol. The molecule has 0 aromatic heterocycles. The third-order valence-corrected chi connectivity index (χ3v) is 3.54. The van der Waals surface area contributed by atoms with Crippen molar-refractivity contribution in [2.24, 2.45) is 0 Å². The number of nitrogens with one attached hydrogen (secondary N) is 2. The van der Waals surface area contributed by atoms with E-state index in [0.29, 0.717) is 5.56 Å². The average Bonchev–Trinajstić information content (AvgIpc) is 2.55. The van der Waals surface area contributed by atoms with Crippen molar-refractivity contribution >= 4 is 28.9 Å². The summed E-state index contributed by atoms with van der Waals surface area (Å²) in [7, 11) is 0. The highest BCUT2D eigenvalue weighted by Gasteiger charge is 2.08. The lowest BCUT2D eigenvalue weighted by atomic mass is 10.1. The number of hydrogen-bond acceptors (Lipinski definition) is 3. The fourth-order valence-electron chi connectivity index (χ4n) is 2.12. The molecule has 0 fully saturated rings. The van der Waals surface area contributed by atoms with Crippen molar-refractivity contribution in [2.75, 3.05) is 5.32 Å². The Balaban J connectivity index is 1.91. The number of rotatable bonds is 5. The zero-order valence-electron chi connectivity index (χ0n) is 14.1. The van der Waals surface area contributed by atoms with Crippen LogP contribution in [0.3, 0.4) is 0 Å². The summed E-state index contributed by atoms with van der Waals surface area (Å²) in [6.45, 7) is 6.01. The quantitative estimate of drug-likeness (QED) is 0.801. The van der Waals surface area contributed by atoms with E-state index in [1.54, 1.807) is 24.3 Å². The Labute approximate surface area is 148 Å². The van der Waals surface area contributed by atoms with Gasteiger partial charge in [-0.3, -0.25) is 10.1 Å². The van der Waals surface area contributed by atoms with Crippen LogP contribution in [-0.2, 0) is 6.42 Å². The molecule has 2 rings (SSSR count). The largest absolute Gasteiger partial charge is 0.491 e. The van der Waals surface area contributed by atoms with Crippen LogP contribution in [-0.4, -0.2) is 17.1 Å². The number of carbonyl (C=O) groups excluding carboxylic acids is 1. The minimum absolute atomic E-state index is 0.0977. The molecular formula is C19H22N2O2S. The average molecular weight is 342 g/mol. The van der Waals surface area contributed by atoms with Crippen molar-refractivity contribution in [3.05, 3.63) is 59.7 Å². The lowest BCUT2D eigenvalue weighted by Gasteiger charge is -2.11. The van der Waals surface area contributed by atoms with Gasteiger partial charge in [0.05, 0.1) is 6.10 Å². The molecule has 24 heavy (non-hydrogen) atoms. The van der Waals surface area contributed by atoms with Gasteiger partial charge in [-0.25, -0.2) is 0 Å². The Morgan fingerprint density at radius 1 is 1.08 bits per heavy atom. The molecule has 0 spiro atoms. The standard InChI is InChI=1S/C19H22N2O2S/c1-4-14-5-9-16(10-6-14)20-19(24)21-18(22)15-7-11-17(12-8-15)23-13(2)3/h5-13H,4H2,1-3H3,(H2,20,21,22,24). The first kappa shape index (κ1) is 17.9. The first-order valence-electron chi connectivity index (χ1n) is 7.96. The zero-order valence-corrected chi connectivity index (χ0v) is 14.9. The Bertz CT molecular complexity index is 694. The maximum Gasteiger partial charge on any atom is 0.257 e. The Morgan fingerprint density at radius 2 is 1.71 bits per heavy atom. The van der Waals surface area contributed by atoms with Crippen molar-refractivity contribution < 1.29 is 9.53 Å². The van der Waals surface area contributed by atoms with Gasteiger partial charge >= 0.3 is 0 Å². The Hall–Kier alpha value is -2.40. The topological polar surface area (TPSA) is 50.4 Å². The first-order chi connectivity index (χ1) is 11.5. The highest BCUT2D eigenvalue weighted by Crippen LogP contribution is 2.14. The van der Waals surface area contributed by atoms with Crippen LogP contribution in [0.4, 0.5) is 5.69 Å². The fraction of sp³-hybridized carbons (Fsp3) is 0.263. The summed E-state index contributed by atoms with van der Waals surface area (Å²) >= 11 is 5.19. The van der Waals surface area contributed by atoms with Crippen molar-refractivity contribution in [3.8, 4) is 5.75 Å². The van der Waals surface area contributed by atoms with Crippen molar-refractivity contribution in [3.63, 3.8) is 0 Å². The van der Waals surface area contributed by atoms with Crippen molar-refractivity contribution in [1.82, 2.24) is 5.32 Å². The second kappa shape index (κ2) is 8.45. The van der Waals surface area contributed by atoms with Crippen LogP contribution in [0.15, 0.2) is 48.5 Å². The van der Waals surface area contributed by atoms with Gasteiger partial charge in [0.15, 0.2) is 5.11 Å². The molecule has 0 aliphatic carbocycles. The molecular weight excluding hydrogens is 320 g/mol. The van der Waals surface area contributed by atoms with Gasteiger partial charge < -0.3 is 10.1 Å². The molecule has 0 bridgehead atoms. The van der Waals surface area contributed by atoms with E-state index in [0.717, 1.165) is 17.9 Å². The second-order valence-corrected chi connectivity index (χ2v) is 6.06. The molecule has 2 aromatic carbocycles. The van der Waals surface area contributed by atoms with E-state index in [2.05, 4.69) is 17.6 Å². The molecule has 126 valence electrons. The summed E-state index contributed by atoms with van der Waals surface area (Å²) in [4.78, 5) is 12.2. The lowest BCUT2D eigenvalue weighted by molar-refractivity contribution is 0.0977. The highest BCUT2D eigenvalue weighted by atomic mass is 32.1. The fourth-order valence-corrected chi connectivity index (χ4v) is 2.33. The van der Waals surface area contributed by atoms with Gasteiger partial charge in [-0.2, -0.15) is 0 Å². The molecule has 0 radical (unpaired) electrons. The number of aryl methyl sites for hydroxylation is 1. The summed E-state index contributed by atoms with van der Waals surface area (Å²) < 4.78 is 5.56. The molecule has 0 atom stereocenters. The SMILES string of the molecule is CCc1ccc(NC(=S)NC(=O)c2ccc(OC(C)C)cc2)cc1. The number of anilines is 1. The smallest absolute Gasteiger partial charge is 0.257 e. The number of carbonyl (C=O) groups is 1. The van der Waals surface area contributed by atoms with Crippen LogP contribution >= 0.6 is 12.2 Å². The van der Waals surface area contributed by atoms with Gasteiger partial charge in [0.25, 0.3) is 5.91 Å². The minimum Gasteiger partial charge on any atom is -0.491 e. The summed E-state index contributed by atoms with van der Waals surface area (Å²) in [5, 5.41) is 5.95.